The monoisotopic (exact) mass is 914 g/mol. The minimum absolute atomic E-state index is 0.386. The summed E-state index contributed by atoms with van der Waals surface area (Å²) in [6, 6.07) is 71.8. The molecule has 330 valence electrons. The van der Waals surface area contributed by atoms with E-state index in [4.69, 9.17) is 9.47 Å². The Morgan fingerprint density at radius 1 is 0.294 bits per heavy atom. The number of hydrogen-bond donors (Lipinski definition) is 0. The van der Waals surface area contributed by atoms with Gasteiger partial charge in [-0.05, 0) is 144 Å². The van der Waals surface area contributed by atoms with Crippen LogP contribution >= 0.6 is 15.8 Å². The third-order valence-corrected chi connectivity index (χ3v) is 16.8. The fourth-order valence-electron chi connectivity index (χ4n) is 7.74. The van der Waals surface area contributed by atoms with Crippen LogP contribution in [0.3, 0.4) is 0 Å². The topological polar surface area (TPSA) is 18.5 Å². The Kier molecular flexibility index (Phi) is 17.2. The molecule has 0 N–H and O–H groups in total. The Bertz CT molecular complexity index is 2960. The van der Waals surface area contributed by atoms with E-state index in [0.717, 1.165) is 81.2 Å². The molecule has 2 atom stereocenters. The van der Waals surface area contributed by atoms with Crippen LogP contribution in [0.1, 0.15) is 55.6 Å². The molecule has 4 heteroatoms. The molecule has 0 radical (unpaired) electrons. The third kappa shape index (κ3) is 14.5. The quantitative estimate of drug-likeness (QED) is 0.0848. The normalized spacial score (nSPS) is 11.1. The molecule has 0 aliphatic heterocycles. The number of benzene rings is 8. The van der Waals surface area contributed by atoms with Crippen LogP contribution in [0.2, 0.25) is 0 Å². The first-order valence-corrected chi connectivity index (χ1v) is 26.3. The summed E-state index contributed by atoms with van der Waals surface area (Å²) in [6.07, 6.45) is 6.64. The van der Waals surface area contributed by atoms with E-state index in [0.29, 0.717) is 0 Å². The van der Waals surface area contributed by atoms with Gasteiger partial charge in [0.25, 0.3) is 0 Å². The molecule has 0 amide bonds. The smallest absolute Gasteiger partial charge is 0.121 e. The second-order valence-electron chi connectivity index (χ2n) is 16.2. The Labute approximate surface area is 406 Å². The van der Waals surface area contributed by atoms with Gasteiger partial charge >= 0.3 is 0 Å². The number of hydrogen-bond acceptors (Lipinski definition) is 2. The summed E-state index contributed by atoms with van der Waals surface area (Å²) in [4.78, 5) is 0. The van der Waals surface area contributed by atoms with Crippen molar-refractivity contribution >= 4 is 26.5 Å². The van der Waals surface area contributed by atoms with E-state index < -0.39 is 0 Å². The van der Waals surface area contributed by atoms with Crippen molar-refractivity contribution < 1.29 is 9.47 Å². The second kappa shape index (κ2) is 24.8. The zero-order chi connectivity index (χ0) is 46.6. The maximum atomic E-state index is 5.61. The molecule has 2 nitrogen and oxygen atoms in total. The van der Waals surface area contributed by atoms with Crippen molar-refractivity contribution in [2.24, 2.45) is 0 Å². The molecule has 0 saturated heterocycles. The van der Waals surface area contributed by atoms with Gasteiger partial charge in [-0.25, -0.2) is 0 Å². The maximum absolute atomic E-state index is 5.61. The first-order valence-electron chi connectivity index (χ1n) is 22.9. The summed E-state index contributed by atoms with van der Waals surface area (Å²) in [7, 11) is 2.59. The van der Waals surface area contributed by atoms with Gasteiger partial charge in [-0.1, -0.05) is 185 Å². The molecule has 0 aliphatic rings. The average Bonchev–Trinajstić information content (AvgIpc) is 3.40. The van der Waals surface area contributed by atoms with E-state index in [1.807, 2.05) is 97.1 Å². The molecular weight excluding hydrogens is 863 g/mol. The van der Waals surface area contributed by atoms with Crippen molar-refractivity contribution in [3.63, 3.8) is 0 Å². The average molecular weight is 915 g/mol. The Hall–Kier alpha value is -7.54. The van der Waals surface area contributed by atoms with Crippen molar-refractivity contribution in [3.05, 3.63) is 262 Å². The number of aryl methyl sites for hydroxylation is 2. The summed E-state index contributed by atoms with van der Waals surface area (Å²) in [5.41, 5.74) is 10.1. The van der Waals surface area contributed by atoms with Crippen molar-refractivity contribution in [3.8, 4) is 58.9 Å². The van der Waals surface area contributed by atoms with Crippen LogP contribution in [0.4, 0.5) is 0 Å². The molecule has 0 bridgehead atoms. The van der Waals surface area contributed by atoms with Crippen LogP contribution in [-0.2, 0) is 12.8 Å². The van der Waals surface area contributed by atoms with E-state index in [9.17, 15) is 0 Å². The molecule has 0 aliphatic carbocycles. The van der Waals surface area contributed by atoms with E-state index in [1.54, 1.807) is 14.2 Å². The highest BCUT2D eigenvalue weighted by Gasteiger charge is 2.17. The second-order valence-corrected chi connectivity index (χ2v) is 21.2. The zero-order valence-corrected chi connectivity index (χ0v) is 40.4. The number of methoxy groups -OCH3 is 2. The fraction of sp³-hybridized carbons (Fsp3) is 0.125. The Balaban J connectivity index is 0.936. The first-order chi connectivity index (χ1) is 33.5. The minimum atomic E-state index is -0.386. The van der Waals surface area contributed by atoms with Crippen LogP contribution in [0.25, 0.3) is 0 Å². The molecule has 2 unspecified atom stereocenters. The summed E-state index contributed by atoms with van der Waals surface area (Å²) in [5, 5.41) is 2.95. The van der Waals surface area contributed by atoms with Gasteiger partial charge in [0.1, 0.15) is 11.5 Å². The van der Waals surface area contributed by atoms with Gasteiger partial charge < -0.3 is 9.47 Å². The maximum Gasteiger partial charge on any atom is 0.121 e. The zero-order valence-electron chi connectivity index (χ0n) is 38.6. The Morgan fingerprint density at radius 3 is 0.956 bits per heavy atom. The molecular formula is C64H52O2P2. The van der Waals surface area contributed by atoms with Crippen LogP contribution < -0.4 is 20.1 Å². The third-order valence-electron chi connectivity index (χ3n) is 11.3. The lowest BCUT2D eigenvalue weighted by Crippen LogP contribution is -2.14. The minimum Gasteiger partial charge on any atom is -0.497 e. The lowest BCUT2D eigenvalue weighted by Gasteiger charge is -2.23. The molecule has 0 spiro atoms. The van der Waals surface area contributed by atoms with Crippen molar-refractivity contribution in [1.29, 1.82) is 0 Å². The van der Waals surface area contributed by atoms with Crippen molar-refractivity contribution in [1.82, 2.24) is 0 Å². The highest BCUT2D eigenvalue weighted by atomic mass is 31.1. The Morgan fingerprint density at radius 2 is 0.603 bits per heavy atom. The van der Waals surface area contributed by atoms with Crippen molar-refractivity contribution in [2.75, 3.05) is 38.9 Å². The highest BCUT2D eigenvalue weighted by molar-refractivity contribution is 7.69. The fourth-order valence-corrected chi connectivity index (χ4v) is 13.4. The largest absolute Gasteiger partial charge is 0.497 e. The molecule has 0 saturated carbocycles. The van der Waals surface area contributed by atoms with Gasteiger partial charge in [0.2, 0.25) is 0 Å². The standard InChI is InChI=1S/C64H52O2P2/c1-65-61-47-57(33-29-51-17-7-3-8-18-51)45-59(49-61)35-31-53-21-15-23-55(43-53)37-39-67(63-25-11-5-12-26-63)41-42-68(64-27-13-6-14-28-64)40-38-56-24-16-22-54(44-56)32-36-60-46-58(48-62(50-60)66-2)34-30-52-19-9-4-10-20-52/h3-28,43-50H,37-42H2,1-2H3. The van der Waals surface area contributed by atoms with E-state index in [-0.39, 0.29) is 15.8 Å². The lowest BCUT2D eigenvalue weighted by atomic mass is 10.1. The molecule has 8 aromatic carbocycles. The van der Waals surface area contributed by atoms with Crippen LogP contribution in [-0.4, -0.2) is 38.9 Å². The number of ether oxygens (including phenoxy) is 2. The van der Waals surface area contributed by atoms with Crippen LogP contribution in [0.15, 0.2) is 206 Å². The molecule has 8 aromatic rings. The molecule has 0 heterocycles. The molecule has 0 aromatic heterocycles. The number of rotatable bonds is 13. The first kappa shape index (κ1) is 47.0. The predicted molar refractivity (Wildman–Crippen MR) is 289 cm³/mol. The summed E-state index contributed by atoms with van der Waals surface area (Å²) >= 11 is 0. The van der Waals surface area contributed by atoms with Crippen LogP contribution in [0, 0.1) is 47.4 Å². The van der Waals surface area contributed by atoms with E-state index in [1.165, 1.54) is 34.1 Å². The molecule has 0 fully saturated rings. The van der Waals surface area contributed by atoms with Crippen molar-refractivity contribution in [2.45, 2.75) is 12.8 Å². The van der Waals surface area contributed by atoms with E-state index >= 15 is 0 Å². The summed E-state index contributed by atoms with van der Waals surface area (Å²) in [5.74, 6) is 28.2. The van der Waals surface area contributed by atoms with Gasteiger partial charge in [0.15, 0.2) is 0 Å². The lowest BCUT2D eigenvalue weighted by molar-refractivity contribution is 0.414. The van der Waals surface area contributed by atoms with Gasteiger partial charge in [-0.3, -0.25) is 0 Å². The van der Waals surface area contributed by atoms with Gasteiger partial charge in [0.05, 0.1) is 14.2 Å². The SMILES string of the molecule is COc1cc(C#Cc2ccccc2)cc(C#Cc2cccc(CCP(CCP(CCc3cccc(C#Cc4cc(C#Cc5ccccc5)cc(OC)c4)c3)c3ccccc3)c3ccccc3)c2)c1. The highest BCUT2D eigenvalue weighted by Crippen LogP contribution is 2.43. The predicted octanol–water partition coefficient (Wildman–Crippen LogP) is 12.7. The summed E-state index contributed by atoms with van der Waals surface area (Å²) < 4.78 is 11.2. The molecule has 68 heavy (non-hydrogen) atoms. The van der Waals surface area contributed by atoms with Gasteiger partial charge in [0, 0.05) is 44.5 Å². The van der Waals surface area contributed by atoms with Crippen LogP contribution in [0.5, 0.6) is 11.5 Å². The molecule has 8 rings (SSSR count). The van der Waals surface area contributed by atoms with Gasteiger partial charge in [-0.15, -0.1) is 0 Å². The van der Waals surface area contributed by atoms with Gasteiger partial charge in [-0.2, -0.15) is 0 Å². The van der Waals surface area contributed by atoms with E-state index in [2.05, 4.69) is 157 Å². The summed E-state index contributed by atoms with van der Waals surface area (Å²) in [6.45, 7) is 0.